The van der Waals surface area contributed by atoms with Crippen LogP contribution in [0, 0.1) is 17.3 Å². The van der Waals surface area contributed by atoms with Crippen LogP contribution < -0.4 is 5.32 Å². The van der Waals surface area contributed by atoms with Crippen molar-refractivity contribution in [2.24, 2.45) is 17.3 Å². The number of hydrogen-bond acceptors (Lipinski definition) is 3. The Morgan fingerprint density at radius 3 is 2.59 bits per heavy atom. The molecule has 2 N–H and O–H groups in total. The molecule has 150 valence electrons. The van der Waals surface area contributed by atoms with Gasteiger partial charge in [0.2, 0.25) is 5.91 Å². The van der Waals surface area contributed by atoms with Crippen LogP contribution in [0.3, 0.4) is 0 Å². The van der Waals surface area contributed by atoms with Crippen LogP contribution in [0.2, 0.25) is 0 Å². The summed E-state index contributed by atoms with van der Waals surface area (Å²) in [6, 6.07) is 10.1. The van der Waals surface area contributed by atoms with E-state index in [1.54, 1.807) is 0 Å². The summed E-state index contributed by atoms with van der Waals surface area (Å²) in [7, 11) is 0. The fourth-order valence-electron chi connectivity index (χ4n) is 4.74. The Bertz CT molecular complexity index is 652. The third-order valence-electron chi connectivity index (χ3n) is 5.98. The molecule has 1 unspecified atom stereocenters. The van der Waals surface area contributed by atoms with Gasteiger partial charge in [0.15, 0.2) is 0 Å². The monoisotopic (exact) mass is 394 g/mol. The van der Waals surface area contributed by atoms with Crippen LogP contribution in [0.4, 0.5) is 0 Å². The van der Waals surface area contributed by atoms with Gasteiger partial charge in [-0.05, 0) is 36.7 Å². The topological polar surface area (TPSA) is 69.6 Å². The van der Waals surface area contributed by atoms with Crippen molar-refractivity contribution in [1.82, 2.24) is 10.2 Å². The number of halogens is 1. The van der Waals surface area contributed by atoms with Crippen molar-refractivity contribution in [3.8, 4) is 0 Å². The molecule has 1 aromatic rings. The summed E-state index contributed by atoms with van der Waals surface area (Å²) in [6.45, 7) is 5.81. The van der Waals surface area contributed by atoms with Gasteiger partial charge in [0.05, 0.1) is 18.0 Å². The standard InChI is InChI=1S/C21H30N2O3.ClH/c1-15(2)11-18(16-7-4-3-5-8-16)22-19(24)13-23-12-17-9-6-10-21(17,14-23)20(25)26;/h3-5,7-8,15,17-18H,6,9-14H2,1-2H3,(H,22,24)(H,25,26);1H/t17-,18?,21+;/m0./s1. The molecule has 1 saturated carbocycles. The molecule has 3 atom stereocenters. The summed E-state index contributed by atoms with van der Waals surface area (Å²) < 4.78 is 0. The van der Waals surface area contributed by atoms with Gasteiger partial charge >= 0.3 is 5.97 Å². The van der Waals surface area contributed by atoms with Crippen molar-refractivity contribution in [3.63, 3.8) is 0 Å². The number of benzene rings is 1. The number of nitrogens with one attached hydrogen (secondary N) is 1. The van der Waals surface area contributed by atoms with E-state index in [4.69, 9.17) is 0 Å². The van der Waals surface area contributed by atoms with Crippen molar-refractivity contribution in [1.29, 1.82) is 0 Å². The zero-order valence-corrected chi connectivity index (χ0v) is 17.0. The van der Waals surface area contributed by atoms with Gasteiger partial charge < -0.3 is 10.4 Å². The van der Waals surface area contributed by atoms with Crippen molar-refractivity contribution in [3.05, 3.63) is 35.9 Å². The second-order valence-electron chi connectivity index (χ2n) is 8.38. The molecule has 2 aliphatic rings. The number of amides is 1. The van der Waals surface area contributed by atoms with Crippen LogP contribution >= 0.6 is 12.4 Å². The molecule has 1 aliphatic heterocycles. The summed E-state index contributed by atoms with van der Waals surface area (Å²) >= 11 is 0. The zero-order chi connectivity index (χ0) is 18.7. The maximum atomic E-state index is 12.7. The van der Waals surface area contributed by atoms with Gasteiger partial charge in [0.1, 0.15) is 0 Å². The predicted octanol–water partition coefficient (Wildman–Crippen LogP) is 3.50. The molecule has 1 heterocycles. The van der Waals surface area contributed by atoms with E-state index in [0.717, 1.165) is 37.8 Å². The van der Waals surface area contributed by atoms with Gasteiger partial charge in [-0.2, -0.15) is 0 Å². The fraction of sp³-hybridized carbons (Fsp3) is 0.619. The SMILES string of the molecule is CC(C)CC(NC(=O)CN1C[C@@H]2CCC[C@@]2(C(=O)O)C1)c1ccccc1.Cl. The molecule has 0 aromatic heterocycles. The molecular weight excluding hydrogens is 364 g/mol. The molecule has 1 aliphatic carbocycles. The molecule has 0 bridgehead atoms. The number of carboxylic acid groups (broad SMARTS) is 1. The molecular formula is C21H31ClN2O3. The molecule has 6 heteroatoms. The molecule has 0 radical (unpaired) electrons. The number of hydrogen-bond donors (Lipinski definition) is 2. The second kappa shape index (κ2) is 9.07. The Hall–Kier alpha value is -1.59. The molecule has 0 spiro atoms. The quantitative estimate of drug-likeness (QED) is 0.742. The molecule has 27 heavy (non-hydrogen) atoms. The van der Waals surface area contributed by atoms with Crippen LogP contribution in [-0.2, 0) is 9.59 Å². The summed E-state index contributed by atoms with van der Waals surface area (Å²) in [6.07, 6.45) is 3.58. The maximum absolute atomic E-state index is 12.7. The van der Waals surface area contributed by atoms with Crippen molar-refractivity contribution in [2.45, 2.75) is 45.6 Å². The summed E-state index contributed by atoms with van der Waals surface area (Å²) in [5.41, 5.74) is 0.492. The van der Waals surface area contributed by atoms with Gasteiger partial charge in [0.25, 0.3) is 0 Å². The van der Waals surface area contributed by atoms with Crippen molar-refractivity contribution >= 4 is 24.3 Å². The molecule has 2 fully saturated rings. The van der Waals surface area contributed by atoms with E-state index in [9.17, 15) is 14.7 Å². The van der Waals surface area contributed by atoms with Crippen LogP contribution in [0.5, 0.6) is 0 Å². The highest BCUT2D eigenvalue weighted by Gasteiger charge is 2.54. The lowest BCUT2D eigenvalue weighted by molar-refractivity contribution is -0.149. The number of carboxylic acids is 1. The van der Waals surface area contributed by atoms with E-state index in [2.05, 4.69) is 19.2 Å². The largest absolute Gasteiger partial charge is 0.481 e. The van der Waals surface area contributed by atoms with Crippen molar-refractivity contribution in [2.75, 3.05) is 19.6 Å². The number of fused-ring (bicyclic) bond motifs is 1. The third-order valence-corrected chi connectivity index (χ3v) is 5.98. The lowest BCUT2D eigenvalue weighted by atomic mass is 9.81. The zero-order valence-electron chi connectivity index (χ0n) is 16.2. The number of rotatable bonds is 7. The Balaban J connectivity index is 0.00000261. The van der Waals surface area contributed by atoms with E-state index in [1.165, 1.54) is 0 Å². The number of aliphatic carboxylic acids is 1. The van der Waals surface area contributed by atoms with E-state index in [0.29, 0.717) is 12.5 Å². The fourth-order valence-corrected chi connectivity index (χ4v) is 4.74. The Kier molecular flexibility index (Phi) is 7.29. The predicted molar refractivity (Wildman–Crippen MR) is 108 cm³/mol. The van der Waals surface area contributed by atoms with E-state index in [-0.39, 0.29) is 36.8 Å². The van der Waals surface area contributed by atoms with Crippen molar-refractivity contribution < 1.29 is 14.7 Å². The average molecular weight is 395 g/mol. The Morgan fingerprint density at radius 1 is 1.30 bits per heavy atom. The lowest BCUT2D eigenvalue weighted by Crippen LogP contribution is -2.40. The van der Waals surface area contributed by atoms with Gasteiger partial charge in [0, 0.05) is 13.1 Å². The summed E-state index contributed by atoms with van der Waals surface area (Å²) in [5, 5.41) is 12.9. The minimum atomic E-state index is -0.690. The van der Waals surface area contributed by atoms with Gasteiger partial charge in [-0.25, -0.2) is 0 Å². The molecule has 1 amide bonds. The minimum absolute atomic E-state index is 0. The first kappa shape index (κ1) is 21.7. The van der Waals surface area contributed by atoms with Crippen LogP contribution in [0.25, 0.3) is 0 Å². The summed E-state index contributed by atoms with van der Waals surface area (Å²) in [4.78, 5) is 26.5. The summed E-state index contributed by atoms with van der Waals surface area (Å²) in [5.74, 6) is -0.0415. The first-order valence-electron chi connectivity index (χ1n) is 9.71. The number of carbonyl (C=O) groups excluding carboxylic acids is 1. The highest BCUT2D eigenvalue weighted by Crippen LogP contribution is 2.48. The smallest absolute Gasteiger partial charge is 0.311 e. The molecule has 1 aromatic carbocycles. The highest BCUT2D eigenvalue weighted by atomic mass is 35.5. The van der Waals surface area contributed by atoms with Crippen LogP contribution in [0.15, 0.2) is 30.3 Å². The van der Waals surface area contributed by atoms with Gasteiger partial charge in [-0.15, -0.1) is 12.4 Å². The third kappa shape index (κ3) is 4.82. The minimum Gasteiger partial charge on any atom is -0.481 e. The number of carbonyl (C=O) groups is 2. The molecule has 3 rings (SSSR count). The second-order valence-corrected chi connectivity index (χ2v) is 8.38. The van der Waals surface area contributed by atoms with Crippen LogP contribution in [0.1, 0.15) is 51.1 Å². The first-order valence-corrected chi connectivity index (χ1v) is 9.71. The van der Waals surface area contributed by atoms with Gasteiger partial charge in [-0.3, -0.25) is 14.5 Å². The number of nitrogens with zero attached hydrogens (tertiary/aromatic N) is 1. The van der Waals surface area contributed by atoms with E-state index in [1.807, 2.05) is 35.2 Å². The normalized spacial score (nSPS) is 25.7. The van der Waals surface area contributed by atoms with E-state index < -0.39 is 11.4 Å². The average Bonchev–Trinajstić information content (AvgIpc) is 3.12. The first-order chi connectivity index (χ1) is 12.4. The Morgan fingerprint density at radius 2 is 2.00 bits per heavy atom. The number of likely N-dealkylation sites (tertiary alicyclic amines) is 1. The van der Waals surface area contributed by atoms with Crippen LogP contribution in [-0.4, -0.2) is 41.5 Å². The molecule has 1 saturated heterocycles. The lowest BCUT2D eigenvalue weighted by Gasteiger charge is -2.25. The Labute approximate surface area is 167 Å². The van der Waals surface area contributed by atoms with E-state index >= 15 is 0 Å². The van der Waals surface area contributed by atoms with Gasteiger partial charge in [-0.1, -0.05) is 50.6 Å². The highest BCUT2D eigenvalue weighted by molar-refractivity contribution is 5.85. The molecule has 5 nitrogen and oxygen atoms in total. The maximum Gasteiger partial charge on any atom is 0.311 e.